The van der Waals surface area contributed by atoms with Gasteiger partial charge in [0.25, 0.3) is 0 Å². The van der Waals surface area contributed by atoms with Crippen molar-refractivity contribution in [3.05, 3.63) is 60.4 Å². The van der Waals surface area contributed by atoms with Gasteiger partial charge in [0.1, 0.15) is 0 Å². The Bertz CT molecular complexity index is 945. The topological polar surface area (TPSA) is 89.0 Å². The van der Waals surface area contributed by atoms with Gasteiger partial charge >= 0.3 is 0 Å². The molecule has 3 rings (SSSR count). The monoisotopic (exact) mass is 377 g/mol. The van der Waals surface area contributed by atoms with Crippen LogP contribution in [-0.4, -0.2) is 34.0 Å². The summed E-state index contributed by atoms with van der Waals surface area (Å²) in [6.45, 7) is 4.54. The second kappa shape index (κ2) is 9.45. The lowest BCUT2D eigenvalue weighted by Crippen LogP contribution is -2.22. The lowest BCUT2D eigenvalue weighted by molar-refractivity contribution is -0.118. The van der Waals surface area contributed by atoms with Gasteiger partial charge in [-0.15, -0.1) is 0 Å². The minimum absolute atomic E-state index is 0.0480. The molecule has 0 unspecified atom stereocenters. The molecule has 0 spiro atoms. The van der Waals surface area contributed by atoms with Gasteiger partial charge in [-0.25, -0.2) is 15.0 Å². The first-order chi connectivity index (χ1) is 13.6. The Balaban J connectivity index is 1.72. The zero-order valence-corrected chi connectivity index (χ0v) is 16.0. The summed E-state index contributed by atoms with van der Waals surface area (Å²) in [4.78, 5) is 24.1. The maximum atomic E-state index is 10.9. The summed E-state index contributed by atoms with van der Waals surface area (Å²) < 4.78 is 5.80. The summed E-state index contributed by atoms with van der Waals surface area (Å²) in [5.41, 5.74) is 3.59. The quantitative estimate of drug-likeness (QED) is 0.584. The second-order valence-corrected chi connectivity index (χ2v) is 6.30. The van der Waals surface area contributed by atoms with E-state index in [0.717, 1.165) is 22.5 Å². The van der Waals surface area contributed by atoms with Gasteiger partial charge in [0, 0.05) is 31.5 Å². The zero-order chi connectivity index (χ0) is 19.8. The number of carbonyl (C=O) groups excluding carboxylic acids is 1. The molecule has 28 heavy (non-hydrogen) atoms. The van der Waals surface area contributed by atoms with Gasteiger partial charge in [-0.2, -0.15) is 0 Å². The molecule has 2 aromatic heterocycles. The number of rotatable bonds is 8. The van der Waals surface area contributed by atoms with Crippen molar-refractivity contribution >= 4 is 17.5 Å². The SMILES string of the molecule is CC(=O)NCCCOc1ncccc1-c1ccnc(Nc2cccc(C)c2)n1. The molecule has 1 amide bonds. The fourth-order valence-electron chi connectivity index (χ4n) is 2.63. The number of nitrogens with zero attached hydrogens (tertiary/aromatic N) is 3. The Morgan fingerprint density at radius 2 is 2.00 bits per heavy atom. The molecule has 2 N–H and O–H groups in total. The maximum absolute atomic E-state index is 10.9. The Hall–Kier alpha value is -3.48. The number of hydrogen-bond donors (Lipinski definition) is 2. The van der Waals surface area contributed by atoms with E-state index in [0.29, 0.717) is 31.4 Å². The number of ether oxygens (including phenoxy) is 1. The number of amides is 1. The van der Waals surface area contributed by atoms with E-state index in [4.69, 9.17) is 4.74 Å². The Kier molecular flexibility index (Phi) is 6.51. The normalized spacial score (nSPS) is 10.4. The van der Waals surface area contributed by atoms with Crippen LogP contribution >= 0.6 is 0 Å². The van der Waals surface area contributed by atoms with Crippen LogP contribution in [-0.2, 0) is 4.79 Å². The largest absolute Gasteiger partial charge is 0.477 e. The predicted octanol–water partition coefficient (Wildman–Crippen LogP) is 3.50. The number of aryl methyl sites for hydroxylation is 1. The summed E-state index contributed by atoms with van der Waals surface area (Å²) >= 11 is 0. The molecule has 0 aliphatic carbocycles. The smallest absolute Gasteiger partial charge is 0.227 e. The summed E-state index contributed by atoms with van der Waals surface area (Å²) in [5, 5.41) is 5.97. The highest BCUT2D eigenvalue weighted by Gasteiger charge is 2.10. The summed E-state index contributed by atoms with van der Waals surface area (Å²) in [7, 11) is 0. The van der Waals surface area contributed by atoms with Crippen molar-refractivity contribution in [3.63, 3.8) is 0 Å². The third-order valence-electron chi connectivity index (χ3n) is 3.91. The van der Waals surface area contributed by atoms with Crippen molar-refractivity contribution in [1.29, 1.82) is 0 Å². The van der Waals surface area contributed by atoms with Crippen molar-refractivity contribution in [1.82, 2.24) is 20.3 Å². The number of nitrogens with one attached hydrogen (secondary N) is 2. The molecule has 0 bridgehead atoms. The summed E-state index contributed by atoms with van der Waals surface area (Å²) in [6, 6.07) is 13.6. The highest BCUT2D eigenvalue weighted by atomic mass is 16.5. The molecule has 0 saturated heterocycles. The average Bonchev–Trinajstić information content (AvgIpc) is 2.68. The molecule has 1 aromatic carbocycles. The van der Waals surface area contributed by atoms with E-state index in [1.165, 1.54) is 6.92 Å². The van der Waals surface area contributed by atoms with Gasteiger partial charge in [0.05, 0.1) is 17.9 Å². The highest BCUT2D eigenvalue weighted by molar-refractivity contribution is 5.72. The van der Waals surface area contributed by atoms with E-state index in [-0.39, 0.29) is 5.91 Å². The van der Waals surface area contributed by atoms with E-state index < -0.39 is 0 Å². The van der Waals surface area contributed by atoms with Crippen LogP contribution in [0.15, 0.2) is 54.9 Å². The average molecular weight is 377 g/mol. The van der Waals surface area contributed by atoms with Crippen molar-refractivity contribution in [2.45, 2.75) is 20.3 Å². The van der Waals surface area contributed by atoms with E-state index in [9.17, 15) is 4.79 Å². The van der Waals surface area contributed by atoms with Gasteiger partial charge in [-0.05, 0) is 49.2 Å². The molecule has 7 nitrogen and oxygen atoms in total. The molecule has 0 radical (unpaired) electrons. The molecule has 144 valence electrons. The molecule has 2 heterocycles. The number of aromatic nitrogens is 3. The highest BCUT2D eigenvalue weighted by Crippen LogP contribution is 2.27. The summed E-state index contributed by atoms with van der Waals surface area (Å²) in [5.74, 6) is 0.960. The lowest BCUT2D eigenvalue weighted by Gasteiger charge is -2.11. The standard InChI is InChI=1S/C21H23N5O2/c1-15-6-3-7-17(14-15)25-21-24-12-9-19(26-21)18-8-4-10-23-20(18)28-13-5-11-22-16(2)27/h3-4,6-10,12,14H,5,11,13H2,1-2H3,(H,22,27)(H,24,25,26). The van der Waals surface area contributed by atoms with Gasteiger partial charge in [-0.1, -0.05) is 12.1 Å². The number of benzene rings is 1. The molecular formula is C21H23N5O2. The zero-order valence-electron chi connectivity index (χ0n) is 16.0. The van der Waals surface area contributed by atoms with E-state index in [2.05, 4.69) is 25.6 Å². The van der Waals surface area contributed by atoms with Crippen molar-refractivity contribution in [2.75, 3.05) is 18.5 Å². The van der Waals surface area contributed by atoms with Crippen molar-refractivity contribution < 1.29 is 9.53 Å². The Morgan fingerprint density at radius 3 is 2.82 bits per heavy atom. The summed E-state index contributed by atoms with van der Waals surface area (Å²) in [6.07, 6.45) is 4.08. The number of hydrogen-bond acceptors (Lipinski definition) is 6. The fourth-order valence-corrected chi connectivity index (χ4v) is 2.63. The van der Waals surface area contributed by atoms with Crippen LogP contribution in [0.3, 0.4) is 0 Å². The van der Waals surface area contributed by atoms with Gasteiger partial charge in [-0.3, -0.25) is 4.79 Å². The number of carbonyl (C=O) groups is 1. The molecule has 3 aromatic rings. The lowest BCUT2D eigenvalue weighted by atomic mass is 10.2. The van der Waals surface area contributed by atoms with Gasteiger partial charge in [0.2, 0.25) is 17.7 Å². The van der Waals surface area contributed by atoms with E-state index >= 15 is 0 Å². The Morgan fingerprint density at radius 1 is 1.11 bits per heavy atom. The first kappa shape index (κ1) is 19.3. The van der Waals surface area contributed by atoms with Gasteiger partial charge in [0.15, 0.2) is 0 Å². The molecule has 0 aliphatic rings. The first-order valence-corrected chi connectivity index (χ1v) is 9.11. The maximum Gasteiger partial charge on any atom is 0.227 e. The molecular weight excluding hydrogens is 354 g/mol. The minimum atomic E-state index is -0.0480. The van der Waals surface area contributed by atoms with Crippen molar-refractivity contribution in [2.24, 2.45) is 0 Å². The molecule has 0 saturated carbocycles. The van der Waals surface area contributed by atoms with Crippen LogP contribution in [0.2, 0.25) is 0 Å². The molecule has 0 fully saturated rings. The van der Waals surface area contributed by atoms with Crippen LogP contribution in [0.4, 0.5) is 11.6 Å². The van der Waals surface area contributed by atoms with E-state index in [1.807, 2.05) is 49.4 Å². The van der Waals surface area contributed by atoms with Gasteiger partial charge < -0.3 is 15.4 Å². The first-order valence-electron chi connectivity index (χ1n) is 9.11. The molecule has 7 heteroatoms. The predicted molar refractivity (Wildman–Crippen MR) is 109 cm³/mol. The van der Waals surface area contributed by atoms with Crippen LogP contribution in [0.5, 0.6) is 5.88 Å². The molecule has 0 aliphatic heterocycles. The van der Waals surface area contributed by atoms with Crippen LogP contribution in [0, 0.1) is 6.92 Å². The van der Waals surface area contributed by atoms with Crippen LogP contribution in [0.1, 0.15) is 18.9 Å². The van der Waals surface area contributed by atoms with Crippen LogP contribution < -0.4 is 15.4 Å². The second-order valence-electron chi connectivity index (χ2n) is 6.30. The van der Waals surface area contributed by atoms with Crippen molar-refractivity contribution in [3.8, 4) is 17.1 Å². The minimum Gasteiger partial charge on any atom is -0.477 e. The third-order valence-corrected chi connectivity index (χ3v) is 3.91. The van der Waals surface area contributed by atoms with E-state index in [1.54, 1.807) is 12.4 Å². The Labute approximate surface area is 164 Å². The number of anilines is 2. The molecule has 0 atom stereocenters. The fraction of sp³-hybridized carbons (Fsp3) is 0.238. The number of pyridine rings is 1. The third kappa shape index (κ3) is 5.51. The van der Waals surface area contributed by atoms with Crippen LogP contribution in [0.25, 0.3) is 11.3 Å².